The van der Waals surface area contributed by atoms with E-state index in [2.05, 4.69) is 20.9 Å². The Morgan fingerprint density at radius 3 is 2.47 bits per heavy atom. The van der Waals surface area contributed by atoms with E-state index in [-0.39, 0.29) is 17.7 Å². The number of halogens is 2. The number of rotatable bonds is 9. The molecule has 1 atom stereocenters. The number of carbonyl (C=O) groups excluding carboxylic acids is 1. The van der Waals surface area contributed by atoms with Crippen LogP contribution in [0.25, 0.3) is 6.08 Å². The van der Waals surface area contributed by atoms with E-state index in [9.17, 15) is 9.59 Å². The third-order valence-corrected chi connectivity index (χ3v) is 8.88. The minimum Gasteiger partial charge on any atom is -0.493 e. The van der Waals surface area contributed by atoms with Crippen molar-refractivity contribution in [3.05, 3.63) is 118 Å². The second kappa shape index (κ2) is 13.2. The van der Waals surface area contributed by atoms with E-state index in [4.69, 9.17) is 30.5 Å². The number of carbonyl (C=O) groups is 1. The molecule has 43 heavy (non-hydrogen) atoms. The van der Waals surface area contributed by atoms with Gasteiger partial charge < -0.3 is 18.9 Å². The molecule has 0 unspecified atom stereocenters. The Kier molecular flexibility index (Phi) is 9.39. The highest BCUT2D eigenvalue weighted by molar-refractivity contribution is 9.10. The monoisotopic (exact) mass is 682 g/mol. The SMILES string of the molecule is CCOC(=O)C1=C(C)N=c2s/c(=C\c3ccc(OCc4ccccc4Cl)cc3)c(=O)n2[C@@H]1c1cc(OC)c(OC)cc1Br. The van der Waals surface area contributed by atoms with Gasteiger partial charge in [0.05, 0.1) is 42.7 Å². The van der Waals surface area contributed by atoms with Crippen molar-refractivity contribution in [2.24, 2.45) is 4.99 Å². The summed E-state index contributed by atoms with van der Waals surface area (Å²) in [5.41, 5.74) is 2.78. The first-order valence-corrected chi connectivity index (χ1v) is 15.3. The average molecular weight is 684 g/mol. The van der Waals surface area contributed by atoms with Gasteiger partial charge in [0.1, 0.15) is 12.4 Å². The van der Waals surface area contributed by atoms with E-state index in [0.717, 1.165) is 11.1 Å². The number of methoxy groups -OCH3 is 2. The van der Waals surface area contributed by atoms with Crippen LogP contribution in [0.4, 0.5) is 0 Å². The normalized spacial score (nSPS) is 14.7. The van der Waals surface area contributed by atoms with Crippen LogP contribution in [-0.4, -0.2) is 31.4 Å². The van der Waals surface area contributed by atoms with Crippen LogP contribution in [0.3, 0.4) is 0 Å². The van der Waals surface area contributed by atoms with Crippen LogP contribution in [0.1, 0.15) is 36.6 Å². The van der Waals surface area contributed by atoms with E-state index < -0.39 is 12.0 Å². The first-order valence-electron chi connectivity index (χ1n) is 13.3. The number of thiazole rings is 1. The number of hydrogen-bond donors (Lipinski definition) is 0. The lowest BCUT2D eigenvalue weighted by molar-refractivity contribution is -0.139. The number of allylic oxidation sites excluding steroid dienone is 1. The van der Waals surface area contributed by atoms with Crippen LogP contribution in [0.5, 0.6) is 17.2 Å². The van der Waals surface area contributed by atoms with Crippen molar-refractivity contribution in [3.63, 3.8) is 0 Å². The average Bonchev–Trinajstić information content (AvgIpc) is 3.30. The van der Waals surface area contributed by atoms with Crippen molar-refractivity contribution in [1.82, 2.24) is 4.57 Å². The Hall–Kier alpha value is -3.86. The molecule has 1 aliphatic heterocycles. The summed E-state index contributed by atoms with van der Waals surface area (Å²) in [7, 11) is 3.07. The molecule has 3 aromatic carbocycles. The zero-order chi connectivity index (χ0) is 30.7. The van der Waals surface area contributed by atoms with E-state index in [1.165, 1.54) is 23.0 Å². The molecule has 11 heteroatoms. The molecule has 0 bridgehead atoms. The van der Waals surface area contributed by atoms with Gasteiger partial charge in [0.2, 0.25) is 0 Å². The predicted molar refractivity (Wildman–Crippen MR) is 170 cm³/mol. The maximum Gasteiger partial charge on any atom is 0.338 e. The van der Waals surface area contributed by atoms with Gasteiger partial charge in [-0.3, -0.25) is 9.36 Å². The van der Waals surface area contributed by atoms with Crippen molar-refractivity contribution in [1.29, 1.82) is 0 Å². The van der Waals surface area contributed by atoms with E-state index in [1.54, 1.807) is 39.2 Å². The van der Waals surface area contributed by atoms with Crippen LogP contribution < -0.4 is 29.1 Å². The summed E-state index contributed by atoms with van der Waals surface area (Å²) in [6.45, 7) is 3.99. The summed E-state index contributed by atoms with van der Waals surface area (Å²) in [6, 6.07) is 17.6. The van der Waals surface area contributed by atoms with Crippen LogP contribution in [-0.2, 0) is 16.1 Å². The van der Waals surface area contributed by atoms with Crippen molar-refractivity contribution >= 4 is 50.9 Å². The first kappa shape index (κ1) is 30.6. The summed E-state index contributed by atoms with van der Waals surface area (Å²) in [5, 5.41) is 0.647. The largest absolute Gasteiger partial charge is 0.493 e. The molecule has 0 N–H and O–H groups in total. The lowest BCUT2D eigenvalue weighted by Crippen LogP contribution is -2.40. The van der Waals surface area contributed by atoms with E-state index >= 15 is 0 Å². The quantitative estimate of drug-likeness (QED) is 0.207. The number of hydrogen-bond acceptors (Lipinski definition) is 8. The number of benzene rings is 3. The summed E-state index contributed by atoms with van der Waals surface area (Å²) < 4.78 is 24.9. The molecule has 0 fully saturated rings. The molecular weight excluding hydrogens is 656 g/mol. The van der Waals surface area contributed by atoms with Gasteiger partial charge in [-0.2, -0.15) is 0 Å². The van der Waals surface area contributed by atoms with Gasteiger partial charge in [-0.1, -0.05) is 69.2 Å². The molecule has 222 valence electrons. The van der Waals surface area contributed by atoms with Gasteiger partial charge in [-0.25, -0.2) is 9.79 Å². The summed E-state index contributed by atoms with van der Waals surface area (Å²) in [6.07, 6.45) is 1.80. The fourth-order valence-corrected chi connectivity index (χ4v) is 6.53. The Bertz CT molecular complexity index is 1900. The zero-order valence-electron chi connectivity index (χ0n) is 23.9. The number of fused-ring (bicyclic) bond motifs is 1. The second-order valence-corrected chi connectivity index (χ2v) is 11.8. The number of aromatic nitrogens is 1. The Morgan fingerprint density at radius 1 is 1.09 bits per heavy atom. The van der Waals surface area contributed by atoms with Crippen LogP contribution >= 0.6 is 38.9 Å². The molecule has 0 saturated carbocycles. The molecule has 0 spiro atoms. The summed E-state index contributed by atoms with van der Waals surface area (Å²) in [5.74, 6) is 1.09. The van der Waals surface area contributed by atoms with E-state index in [1.807, 2.05) is 48.5 Å². The Labute approximate surface area is 265 Å². The van der Waals surface area contributed by atoms with Crippen molar-refractivity contribution in [2.75, 3.05) is 20.8 Å². The summed E-state index contributed by atoms with van der Waals surface area (Å²) in [4.78, 5) is 32.3. The van der Waals surface area contributed by atoms with Gasteiger partial charge in [-0.15, -0.1) is 0 Å². The first-order chi connectivity index (χ1) is 20.7. The molecule has 0 saturated heterocycles. The standard InChI is InChI=1S/C32H28BrClN2O6S/c1-5-41-31(38)28-18(2)35-32-36(29(28)22-15-25(39-3)26(40-4)16-23(22)33)30(37)27(43-32)14-19-10-12-21(13-11-19)42-17-20-8-6-7-9-24(20)34/h6-16,29H,5,17H2,1-4H3/b27-14-/t29-/m1/s1. The van der Waals surface area contributed by atoms with Crippen LogP contribution in [0.15, 0.2) is 86.2 Å². The smallest absolute Gasteiger partial charge is 0.338 e. The van der Waals surface area contributed by atoms with Gasteiger partial charge in [0, 0.05) is 15.1 Å². The molecular formula is C32H28BrClN2O6S. The second-order valence-electron chi connectivity index (χ2n) is 9.48. The van der Waals surface area contributed by atoms with Gasteiger partial charge in [-0.05, 0) is 61.4 Å². The highest BCUT2D eigenvalue weighted by atomic mass is 79.9. The molecule has 1 aliphatic rings. The van der Waals surface area contributed by atoms with E-state index in [0.29, 0.717) is 53.9 Å². The molecule has 4 aromatic rings. The molecule has 2 heterocycles. The lowest BCUT2D eigenvalue weighted by atomic mass is 9.95. The van der Waals surface area contributed by atoms with Crippen LogP contribution in [0, 0.1) is 0 Å². The predicted octanol–water partition coefficient (Wildman–Crippen LogP) is 5.81. The van der Waals surface area contributed by atoms with Crippen molar-refractivity contribution in [2.45, 2.75) is 26.5 Å². The third-order valence-electron chi connectivity index (χ3n) is 6.84. The van der Waals surface area contributed by atoms with Gasteiger partial charge in [0.25, 0.3) is 5.56 Å². The number of ether oxygens (including phenoxy) is 4. The maximum absolute atomic E-state index is 14.0. The minimum absolute atomic E-state index is 0.179. The molecule has 5 rings (SSSR count). The molecule has 0 radical (unpaired) electrons. The topological polar surface area (TPSA) is 88.4 Å². The molecule has 1 aromatic heterocycles. The van der Waals surface area contributed by atoms with Crippen molar-refractivity contribution < 1.29 is 23.7 Å². The van der Waals surface area contributed by atoms with Crippen LogP contribution in [0.2, 0.25) is 5.02 Å². The molecule has 8 nitrogen and oxygen atoms in total. The Balaban J connectivity index is 1.56. The Morgan fingerprint density at radius 2 is 1.79 bits per heavy atom. The fourth-order valence-electron chi connectivity index (χ4n) is 4.75. The minimum atomic E-state index is -0.813. The highest BCUT2D eigenvalue weighted by Crippen LogP contribution is 2.40. The van der Waals surface area contributed by atoms with Gasteiger partial charge >= 0.3 is 5.97 Å². The zero-order valence-corrected chi connectivity index (χ0v) is 27.0. The number of nitrogens with zero attached hydrogens (tertiary/aromatic N) is 2. The highest BCUT2D eigenvalue weighted by Gasteiger charge is 2.35. The van der Waals surface area contributed by atoms with Crippen molar-refractivity contribution in [3.8, 4) is 17.2 Å². The third kappa shape index (κ3) is 6.27. The molecule has 0 aliphatic carbocycles. The fraction of sp³-hybridized carbons (Fsp3) is 0.219. The maximum atomic E-state index is 14.0. The van der Waals surface area contributed by atoms with Gasteiger partial charge in [0.15, 0.2) is 16.3 Å². The molecule has 0 amide bonds. The summed E-state index contributed by atoms with van der Waals surface area (Å²) >= 11 is 11.1. The lowest BCUT2D eigenvalue weighted by Gasteiger charge is -2.26. The number of esters is 1.